The van der Waals surface area contributed by atoms with Crippen LogP contribution in [0.1, 0.15) is 28.1 Å². The summed E-state index contributed by atoms with van der Waals surface area (Å²) in [6.45, 7) is 6.54. The van der Waals surface area contributed by atoms with Gasteiger partial charge in [0.15, 0.2) is 0 Å². The molecule has 0 bridgehead atoms. The minimum absolute atomic E-state index is 0.0559. The zero-order valence-electron chi connectivity index (χ0n) is 14.8. The van der Waals surface area contributed by atoms with E-state index in [2.05, 4.69) is 15.6 Å². The van der Waals surface area contributed by atoms with Gasteiger partial charge in [-0.2, -0.15) is 0 Å². The molecule has 0 aliphatic carbocycles. The molecule has 0 saturated heterocycles. The molecule has 25 heavy (non-hydrogen) atoms. The highest BCUT2D eigenvalue weighted by Crippen LogP contribution is 2.13. The number of benzene rings is 2. The highest BCUT2D eigenvalue weighted by molar-refractivity contribution is 5.78. The quantitative estimate of drug-likeness (QED) is 0.780. The number of hydrogen-bond donors (Lipinski definition) is 1. The standard InChI is InChI=1S/C20H22N4O/c1-14-4-8-17(9-5-14)13-21-20(25)12-19-16(3)24(23-22-19)18-10-6-15(2)7-11-18/h4-11H,12-13H2,1-3H3,(H,21,25). The molecule has 0 radical (unpaired) electrons. The van der Waals surface area contributed by atoms with Gasteiger partial charge in [-0.25, -0.2) is 4.68 Å². The van der Waals surface area contributed by atoms with Crippen molar-refractivity contribution in [1.29, 1.82) is 0 Å². The van der Waals surface area contributed by atoms with Crippen molar-refractivity contribution in [2.24, 2.45) is 0 Å². The lowest BCUT2D eigenvalue weighted by Gasteiger charge is -2.06. The fourth-order valence-corrected chi connectivity index (χ4v) is 2.58. The van der Waals surface area contributed by atoms with Gasteiger partial charge in [0, 0.05) is 6.54 Å². The second-order valence-corrected chi connectivity index (χ2v) is 6.31. The number of aromatic nitrogens is 3. The Balaban J connectivity index is 1.63. The van der Waals surface area contributed by atoms with Gasteiger partial charge in [0.1, 0.15) is 0 Å². The van der Waals surface area contributed by atoms with Crippen molar-refractivity contribution in [3.8, 4) is 5.69 Å². The smallest absolute Gasteiger partial charge is 0.226 e. The zero-order valence-corrected chi connectivity index (χ0v) is 14.8. The van der Waals surface area contributed by atoms with Crippen molar-refractivity contribution < 1.29 is 4.79 Å². The van der Waals surface area contributed by atoms with Crippen LogP contribution in [0.3, 0.4) is 0 Å². The van der Waals surface area contributed by atoms with Gasteiger partial charge in [0.2, 0.25) is 5.91 Å². The first-order valence-electron chi connectivity index (χ1n) is 8.33. The molecule has 0 spiro atoms. The molecule has 3 aromatic rings. The van der Waals surface area contributed by atoms with E-state index in [1.807, 2.05) is 69.3 Å². The zero-order chi connectivity index (χ0) is 17.8. The number of carbonyl (C=O) groups excluding carboxylic acids is 1. The third-order valence-electron chi connectivity index (χ3n) is 4.21. The second kappa shape index (κ2) is 7.30. The normalized spacial score (nSPS) is 10.7. The van der Waals surface area contributed by atoms with Crippen molar-refractivity contribution in [3.63, 3.8) is 0 Å². The minimum Gasteiger partial charge on any atom is -0.352 e. The molecule has 128 valence electrons. The lowest BCUT2D eigenvalue weighted by molar-refractivity contribution is -0.120. The number of carbonyl (C=O) groups is 1. The van der Waals surface area contributed by atoms with E-state index < -0.39 is 0 Å². The van der Waals surface area contributed by atoms with Crippen LogP contribution in [0.4, 0.5) is 0 Å². The molecule has 5 heteroatoms. The van der Waals surface area contributed by atoms with Crippen LogP contribution >= 0.6 is 0 Å². The fourth-order valence-electron chi connectivity index (χ4n) is 2.58. The summed E-state index contributed by atoms with van der Waals surface area (Å²) in [4.78, 5) is 12.2. The van der Waals surface area contributed by atoms with Crippen molar-refractivity contribution in [2.45, 2.75) is 33.7 Å². The van der Waals surface area contributed by atoms with Crippen LogP contribution in [0.25, 0.3) is 5.69 Å². The van der Waals surface area contributed by atoms with Crippen LogP contribution < -0.4 is 5.32 Å². The van der Waals surface area contributed by atoms with E-state index in [4.69, 9.17) is 0 Å². The predicted octanol–water partition coefficient (Wildman–Crippen LogP) is 3.05. The summed E-state index contributed by atoms with van der Waals surface area (Å²) in [6, 6.07) is 16.2. The van der Waals surface area contributed by atoms with E-state index in [1.54, 1.807) is 4.68 Å². The van der Waals surface area contributed by atoms with E-state index in [0.717, 1.165) is 16.9 Å². The molecule has 0 aliphatic heterocycles. The van der Waals surface area contributed by atoms with Crippen LogP contribution in [0.2, 0.25) is 0 Å². The highest BCUT2D eigenvalue weighted by Gasteiger charge is 2.13. The summed E-state index contributed by atoms with van der Waals surface area (Å²) in [6.07, 6.45) is 0.226. The Hall–Kier alpha value is -2.95. The van der Waals surface area contributed by atoms with E-state index >= 15 is 0 Å². The van der Waals surface area contributed by atoms with Crippen LogP contribution in [0.15, 0.2) is 48.5 Å². The van der Waals surface area contributed by atoms with E-state index in [0.29, 0.717) is 12.2 Å². The van der Waals surface area contributed by atoms with Gasteiger partial charge in [-0.3, -0.25) is 4.79 Å². The first kappa shape index (κ1) is 16.9. The van der Waals surface area contributed by atoms with Crippen LogP contribution in [0.5, 0.6) is 0 Å². The molecule has 1 heterocycles. The number of rotatable bonds is 5. The number of hydrogen-bond acceptors (Lipinski definition) is 3. The van der Waals surface area contributed by atoms with Gasteiger partial charge in [0.05, 0.1) is 23.5 Å². The van der Waals surface area contributed by atoms with Crippen molar-refractivity contribution in [3.05, 3.63) is 76.6 Å². The molecule has 1 N–H and O–H groups in total. The monoisotopic (exact) mass is 334 g/mol. The molecule has 0 fully saturated rings. The Bertz CT molecular complexity index is 864. The van der Waals surface area contributed by atoms with Crippen LogP contribution in [-0.4, -0.2) is 20.9 Å². The Labute approximate surface area is 147 Å². The molecule has 0 atom stereocenters. The van der Waals surface area contributed by atoms with Crippen molar-refractivity contribution in [1.82, 2.24) is 20.3 Å². The summed E-state index contributed by atoms with van der Waals surface area (Å²) < 4.78 is 1.77. The largest absolute Gasteiger partial charge is 0.352 e. The van der Waals surface area contributed by atoms with Gasteiger partial charge >= 0.3 is 0 Å². The molecular formula is C20H22N4O. The Kier molecular flexibility index (Phi) is 4.93. The molecule has 0 aliphatic rings. The fraction of sp³-hybridized carbons (Fsp3) is 0.250. The highest BCUT2D eigenvalue weighted by atomic mass is 16.1. The van der Waals surface area contributed by atoms with Crippen LogP contribution in [-0.2, 0) is 17.8 Å². The molecular weight excluding hydrogens is 312 g/mol. The summed E-state index contributed by atoms with van der Waals surface area (Å²) in [5, 5.41) is 11.3. The van der Waals surface area contributed by atoms with Gasteiger partial charge in [-0.1, -0.05) is 52.7 Å². The molecule has 2 aromatic carbocycles. The molecule has 5 nitrogen and oxygen atoms in total. The summed E-state index contributed by atoms with van der Waals surface area (Å²) >= 11 is 0. The maximum atomic E-state index is 12.2. The topological polar surface area (TPSA) is 59.8 Å². The third kappa shape index (κ3) is 4.12. The Morgan fingerprint density at radius 2 is 1.56 bits per heavy atom. The van der Waals surface area contributed by atoms with E-state index in [9.17, 15) is 4.79 Å². The summed E-state index contributed by atoms with van der Waals surface area (Å²) in [7, 11) is 0. The van der Waals surface area contributed by atoms with E-state index in [-0.39, 0.29) is 12.3 Å². The minimum atomic E-state index is -0.0559. The first-order valence-corrected chi connectivity index (χ1v) is 8.33. The molecule has 1 aromatic heterocycles. The second-order valence-electron chi connectivity index (χ2n) is 6.31. The third-order valence-corrected chi connectivity index (χ3v) is 4.21. The van der Waals surface area contributed by atoms with Gasteiger partial charge in [-0.05, 0) is 38.5 Å². The number of amides is 1. The van der Waals surface area contributed by atoms with Gasteiger partial charge < -0.3 is 5.32 Å². The number of nitrogens with one attached hydrogen (secondary N) is 1. The summed E-state index contributed by atoms with van der Waals surface area (Å²) in [5.74, 6) is -0.0559. The average molecular weight is 334 g/mol. The van der Waals surface area contributed by atoms with Crippen molar-refractivity contribution in [2.75, 3.05) is 0 Å². The van der Waals surface area contributed by atoms with E-state index in [1.165, 1.54) is 11.1 Å². The maximum Gasteiger partial charge on any atom is 0.226 e. The van der Waals surface area contributed by atoms with Gasteiger partial charge in [0.25, 0.3) is 0 Å². The Morgan fingerprint density at radius 3 is 2.20 bits per heavy atom. The lowest BCUT2D eigenvalue weighted by Crippen LogP contribution is -2.25. The Morgan fingerprint density at radius 1 is 0.960 bits per heavy atom. The molecule has 3 rings (SSSR count). The van der Waals surface area contributed by atoms with Crippen molar-refractivity contribution >= 4 is 5.91 Å². The predicted molar refractivity (Wildman–Crippen MR) is 97.6 cm³/mol. The number of nitrogens with zero attached hydrogens (tertiary/aromatic N) is 3. The summed E-state index contributed by atoms with van der Waals surface area (Å²) in [5.41, 5.74) is 6.01. The SMILES string of the molecule is Cc1ccc(CNC(=O)Cc2nnn(-c3ccc(C)cc3)c2C)cc1. The average Bonchev–Trinajstić information content (AvgIpc) is 2.96. The molecule has 0 unspecified atom stereocenters. The lowest BCUT2D eigenvalue weighted by atomic mass is 10.1. The molecule has 0 saturated carbocycles. The van der Waals surface area contributed by atoms with Crippen LogP contribution in [0, 0.1) is 20.8 Å². The number of aryl methyl sites for hydroxylation is 2. The first-order chi connectivity index (χ1) is 12.0. The van der Waals surface area contributed by atoms with Gasteiger partial charge in [-0.15, -0.1) is 5.10 Å². The molecule has 1 amide bonds. The maximum absolute atomic E-state index is 12.2.